The average molecular weight is 186 g/mol. The van der Waals surface area contributed by atoms with Gasteiger partial charge >= 0.3 is 0 Å². The molecule has 2 saturated heterocycles. The van der Waals surface area contributed by atoms with Crippen LogP contribution in [0.3, 0.4) is 0 Å². The van der Waals surface area contributed by atoms with Gasteiger partial charge in [0.2, 0.25) is 0 Å². The number of rotatable bonds is 0. The lowest BCUT2D eigenvalue weighted by Crippen LogP contribution is -2.52. The van der Waals surface area contributed by atoms with Crippen molar-refractivity contribution < 1.29 is 9.84 Å². The minimum absolute atomic E-state index is 0.0620. The molecule has 0 radical (unpaired) electrons. The monoisotopic (exact) mass is 186 g/mol. The molecule has 2 aliphatic heterocycles. The maximum atomic E-state index is 9.57. The Morgan fingerprint density at radius 1 is 1.38 bits per heavy atom. The smallest absolute Gasteiger partial charge is 0.0732 e. The molecule has 2 heterocycles. The number of hydrogen-bond donors (Lipinski definition) is 2. The summed E-state index contributed by atoms with van der Waals surface area (Å²) in [6.07, 6.45) is 3.33. The maximum absolute atomic E-state index is 9.57. The Morgan fingerprint density at radius 2 is 2.08 bits per heavy atom. The van der Waals surface area contributed by atoms with E-state index < -0.39 is 0 Å². The SMILES string of the molecule is NN1CCC2(CC1)C[C@H](O)CCO2. The highest BCUT2D eigenvalue weighted by molar-refractivity contribution is 4.91. The second-order valence-corrected chi connectivity index (χ2v) is 4.21. The summed E-state index contributed by atoms with van der Waals surface area (Å²) in [5, 5.41) is 11.4. The van der Waals surface area contributed by atoms with Crippen LogP contribution in [-0.4, -0.2) is 41.5 Å². The lowest BCUT2D eigenvalue weighted by atomic mass is 9.84. The van der Waals surface area contributed by atoms with E-state index in [9.17, 15) is 5.11 Å². The van der Waals surface area contributed by atoms with Crippen LogP contribution in [0.25, 0.3) is 0 Å². The van der Waals surface area contributed by atoms with Gasteiger partial charge in [-0.2, -0.15) is 0 Å². The third-order valence-electron chi connectivity index (χ3n) is 3.18. The number of aliphatic hydroxyl groups excluding tert-OH is 1. The van der Waals surface area contributed by atoms with Crippen LogP contribution < -0.4 is 5.84 Å². The molecule has 2 fully saturated rings. The van der Waals surface area contributed by atoms with E-state index in [4.69, 9.17) is 10.6 Å². The zero-order chi connectivity index (χ0) is 9.31. The number of nitrogens with zero attached hydrogens (tertiary/aromatic N) is 1. The Bertz CT molecular complexity index is 178. The molecule has 0 bridgehead atoms. The van der Waals surface area contributed by atoms with Gasteiger partial charge in [0, 0.05) is 26.1 Å². The Labute approximate surface area is 78.6 Å². The van der Waals surface area contributed by atoms with E-state index >= 15 is 0 Å². The fourth-order valence-electron chi connectivity index (χ4n) is 2.28. The van der Waals surface area contributed by atoms with Crippen molar-refractivity contribution in [1.29, 1.82) is 0 Å². The van der Waals surface area contributed by atoms with Crippen molar-refractivity contribution in [2.45, 2.75) is 37.4 Å². The molecule has 1 atom stereocenters. The molecular formula is C9H18N2O2. The van der Waals surface area contributed by atoms with Crippen molar-refractivity contribution in [3.8, 4) is 0 Å². The van der Waals surface area contributed by atoms with Crippen molar-refractivity contribution in [2.75, 3.05) is 19.7 Å². The summed E-state index contributed by atoms with van der Waals surface area (Å²) < 4.78 is 5.78. The van der Waals surface area contributed by atoms with Gasteiger partial charge in [0.05, 0.1) is 11.7 Å². The highest BCUT2D eigenvalue weighted by Crippen LogP contribution is 2.34. The first kappa shape index (κ1) is 9.40. The van der Waals surface area contributed by atoms with Crippen molar-refractivity contribution >= 4 is 0 Å². The molecule has 0 amide bonds. The standard InChI is InChI=1S/C9H18N2O2/c10-11-4-2-9(3-5-11)7-8(12)1-6-13-9/h8,12H,1-7,10H2/t8-/m1/s1. The van der Waals surface area contributed by atoms with Gasteiger partial charge < -0.3 is 9.84 Å². The van der Waals surface area contributed by atoms with Crippen molar-refractivity contribution in [3.05, 3.63) is 0 Å². The quantitative estimate of drug-likeness (QED) is 0.517. The third-order valence-corrected chi connectivity index (χ3v) is 3.18. The Balaban J connectivity index is 1.95. The average Bonchev–Trinajstić information content (AvgIpc) is 2.11. The summed E-state index contributed by atoms with van der Waals surface area (Å²) in [7, 11) is 0. The zero-order valence-corrected chi connectivity index (χ0v) is 7.91. The van der Waals surface area contributed by atoms with Crippen molar-refractivity contribution in [1.82, 2.24) is 5.01 Å². The molecule has 0 aromatic rings. The van der Waals surface area contributed by atoms with Crippen LogP contribution in [0, 0.1) is 0 Å². The van der Waals surface area contributed by atoms with Crippen LogP contribution in [0.5, 0.6) is 0 Å². The predicted molar refractivity (Wildman–Crippen MR) is 48.9 cm³/mol. The first-order valence-electron chi connectivity index (χ1n) is 5.02. The van der Waals surface area contributed by atoms with Gasteiger partial charge in [-0.1, -0.05) is 0 Å². The van der Waals surface area contributed by atoms with Gasteiger partial charge in [-0.15, -0.1) is 0 Å². The minimum atomic E-state index is -0.168. The summed E-state index contributed by atoms with van der Waals surface area (Å²) in [6, 6.07) is 0. The first-order chi connectivity index (χ1) is 6.20. The molecule has 4 heteroatoms. The molecule has 0 aromatic heterocycles. The Morgan fingerprint density at radius 3 is 2.69 bits per heavy atom. The molecule has 76 valence electrons. The van der Waals surface area contributed by atoms with Crippen LogP contribution in [0.15, 0.2) is 0 Å². The van der Waals surface area contributed by atoms with Crippen molar-refractivity contribution in [2.24, 2.45) is 5.84 Å². The normalized spacial score (nSPS) is 35.1. The van der Waals surface area contributed by atoms with E-state index in [1.54, 1.807) is 0 Å². The van der Waals surface area contributed by atoms with Crippen LogP contribution >= 0.6 is 0 Å². The van der Waals surface area contributed by atoms with E-state index in [0.717, 1.165) is 38.8 Å². The maximum Gasteiger partial charge on any atom is 0.0732 e. The highest BCUT2D eigenvalue weighted by atomic mass is 16.5. The molecule has 1 spiro atoms. The summed E-state index contributed by atoms with van der Waals surface area (Å²) in [6.45, 7) is 2.46. The fourth-order valence-corrected chi connectivity index (χ4v) is 2.28. The molecule has 3 N–H and O–H groups in total. The number of nitrogens with two attached hydrogens (primary N) is 1. The summed E-state index contributed by atoms with van der Waals surface area (Å²) in [5.41, 5.74) is -0.0620. The van der Waals surface area contributed by atoms with Gasteiger partial charge in [-0.25, -0.2) is 5.01 Å². The second-order valence-electron chi connectivity index (χ2n) is 4.21. The minimum Gasteiger partial charge on any atom is -0.393 e. The van der Waals surface area contributed by atoms with Crippen LogP contribution in [0.4, 0.5) is 0 Å². The second kappa shape index (κ2) is 3.53. The number of ether oxygens (including phenoxy) is 1. The van der Waals surface area contributed by atoms with E-state index in [2.05, 4.69) is 0 Å². The number of hydrogen-bond acceptors (Lipinski definition) is 4. The summed E-state index contributed by atoms with van der Waals surface area (Å²) in [5.74, 6) is 5.67. The lowest BCUT2D eigenvalue weighted by Gasteiger charge is -2.44. The number of piperidine rings is 1. The highest BCUT2D eigenvalue weighted by Gasteiger charge is 2.39. The molecule has 13 heavy (non-hydrogen) atoms. The van der Waals surface area contributed by atoms with Gasteiger partial charge in [0.1, 0.15) is 0 Å². The van der Waals surface area contributed by atoms with Crippen LogP contribution in [-0.2, 0) is 4.74 Å². The van der Waals surface area contributed by atoms with Crippen molar-refractivity contribution in [3.63, 3.8) is 0 Å². The van der Waals surface area contributed by atoms with Crippen LogP contribution in [0.1, 0.15) is 25.7 Å². The number of aliphatic hydroxyl groups is 1. The van der Waals surface area contributed by atoms with E-state index in [0.29, 0.717) is 6.61 Å². The lowest BCUT2D eigenvalue weighted by molar-refractivity contribution is -0.143. The Hall–Kier alpha value is -0.160. The molecule has 0 unspecified atom stereocenters. The largest absolute Gasteiger partial charge is 0.393 e. The summed E-state index contributed by atoms with van der Waals surface area (Å²) in [4.78, 5) is 0. The van der Waals surface area contributed by atoms with E-state index in [-0.39, 0.29) is 11.7 Å². The topological polar surface area (TPSA) is 58.7 Å². The van der Waals surface area contributed by atoms with Gasteiger partial charge in [0.15, 0.2) is 0 Å². The molecule has 0 aromatic carbocycles. The Kier molecular flexibility index (Phi) is 2.55. The van der Waals surface area contributed by atoms with Gasteiger partial charge in [-0.3, -0.25) is 5.84 Å². The summed E-state index contributed by atoms with van der Waals surface area (Å²) >= 11 is 0. The fraction of sp³-hybridized carbons (Fsp3) is 1.00. The predicted octanol–water partition coefficient (Wildman–Crippen LogP) is -0.134. The third kappa shape index (κ3) is 2.02. The molecule has 2 aliphatic rings. The molecule has 4 nitrogen and oxygen atoms in total. The van der Waals surface area contributed by atoms with E-state index in [1.165, 1.54) is 0 Å². The zero-order valence-electron chi connectivity index (χ0n) is 7.91. The number of hydrazine groups is 1. The molecule has 2 rings (SSSR count). The molecule has 0 saturated carbocycles. The molecular weight excluding hydrogens is 168 g/mol. The van der Waals surface area contributed by atoms with E-state index in [1.807, 2.05) is 5.01 Å². The molecule has 0 aliphatic carbocycles. The van der Waals surface area contributed by atoms with Crippen LogP contribution in [0.2, 0.25) is 0 Å². The van der Waals surface area contributed by atoms with Gasteiger partial charge in [0.25, 0.3) is 0 Å². The van der Waals surface area contributed by atoms with Gasteiger partial charge in [-0.05, 0) is 19.3 Å². The first-order valence-corrected chi connectivity index (χ1v) is 5.02.